The van der Waals surface area contributed by atoms with E-state index in [0.29, 0.717) is 0 Å². The number of ether oxygens (including phenoxy) is 1. The highest BCUT2D eigenvalue weighted by Crippen LogP contribution is 2.10. The Balaban J connectivity index is 2.75. The normalized spacial score (nSPS) is 18.8. The van der Waals surface area contributed by atoms with E-state index in [9.17, 15) is 22.8 Å². The molecular weight excluding hydrogens is 328 g/mol. The number of carboxylic acids is 1. The number of rotatable bonds is 4. The first kappa shape index (κ1) is 19.2. The molecule has 23 heavy (non-hydrogen) atoms. The van der Waals surface area contributed by atoms with E-state index < -0.39 is 45.9 Å². The first-order valence-electron chi connectivity index (χ1n) is 7.10. The highest BCUT2D eigenvalue weighted by atomic mass is 32.2. The predicted molar refractivity (Wildman–Crippen MR) is 80.6 cm³/mol. The molecule has 0 aromatic rings. The molecule has 1 aliphatic rings. The number of sulfone groups is 1. The van der Waals surface area contributed by atoms with E-state index in [1.54, 1.807) is 20.8 Å². The molecule has 1 fully saturated rings. The molecule has 10 heteroatoms. The zero-order valence-electron chi connectivity index (χ0n) is 13.4. The van der Waals surface area contributed by atoms with Crippen LogP contribution < -0.4 is 5.32 Å². The number of nitrogens with zero attached hydrogens (tertiary/aromatic N) is 1. The van der Waals surface area contributed by atoms with Crippen LogP contribution in [0.15, 0.2) is 0 Å². The van der Waals surface area contributed by atoms with Crippen LogP contribution in [0.25, 0.3) is 0 Å². The van der Waals surface area contributed by atoms with Crippen LogP contribution in [0.5, 0.6) is 0 Å². The van der Waals surface area contributed by atoms with Gasteiger partial charge in [-0.1, -0.05) is 0 Å². The summed E-state index contributed by atoms with van der Waals surface area (Å²) in [4.78, 5) is 36.2. The van der Waals surface area contributed by atoms with Crippen molar-refractivity contribution >= 4 is 27.8 Å². The van der Waals surface area contributed by atoms with Gasteiger partial charge in [-0.2, -0.15) is 0 Å². The number of hydrogen-bond donors (Lipinski definition) is 2. The molecule has 0 aromatic carbocycles. The van der Waals surface area contributed by atoms with Crippen molar-refractivity contribution in [1.82, 2.24) is 10.2 Å². The molecule has 0 bridgehead atoms. The topological polar surface area (TPSA) is 130 Å². The van der Waals surface area contributed by atoms with Crippen LogP contribution in [-0.2, 0) is 24.2 Å². The smallest absolute Gasteiger partial charge is 0.408 e. The maximum Gasteiger partial charge on any atom is 0.408 e. The van der Waals surface area contributed by atoms with Crippen molar-refractivity contribution in [2.75, 3.05) is 24.6 Å². The van der Waals surface area contributed by atoms with Crippen molar-refractivity contribution in [3.05, 3.63) is 0 Å². The number of alkyl carbamates (subject to hydrolysis) is 1. The molecule has 1 rings (SSSR count). The van der Waals surface area contributed by atoms with Gasteiger partial charge in [0.15, 0.2) is 9.84 Å². The Morgan fingerprint density at radius 2 is 1.74 bits per heavy atom. The number of nitrogens with one attached hydrogen (secondary N) is 1. The first-order chi connectivity index (χ1) is 10.4. The van der Waals surface area contributed by atoms with E-state index >= 15 is 0 Å². The SMILES string of the molecule is CC(C)(C)OC(=O)NC(CC(=O)O)C(=O)N1CCS(=O)(=O)CC1. The van der Waals surface area contributed by atoms with Crippen LogP contribution in [0.4, 0.5) is 4.79 Å². The maximum absolute atomic E-state index is 12.3. The minimum atomic E-state index is -3.17. The number of carbonyl (C=O) groups excluding carboxylic acids is 2. The Bertz CT molecular complexity index is 566. The highest BCUT2D eigenvalue weighted by molar-refractivity contribution is 7.91. The zero-order valence-corrected chi connectivity index (χ0v) is 14.2. The molecule has 0 aliphatic carbocycles. The summed E-state index contributed by atoms with van der Waals surface area (Å²) >= 11 is 0. The summed E-state index contributed by atoms with van der Waals surface area (Å²) < 4.78 is 27.8. The van der Waals surface area contributed by atoms with Gasteiger partial charge in [-0.3, -0.25) is 9.59 Å². The fourth-order valence-electron chi connectivity index (χ4n) is 1.98. The van der Waals surface area contributed by atoms with E-state index in [4.69, 9.17) is 9.84 Å². The number of carboxylic acid groups (broad SMARTS) is 1. The van der Waals surface area contributed by atoms with E-state index in [1.165, 1.54) is 4.90 Å². The van der Waals surface area contributed by atoms with Crippen molar-refractivity contribution in [2.24, 2.45) is 0 Å². The van der Waals surface area contributed by atoms with E-state index in [1.807, 2.05) is 0 Å². The van der Waals surface area contributed by atoms with Gasteiger partial charge in [0.1, 0.15) is 11.6 Å². The lowest BCUT2D eigenvalue weighted by molar-refractivity contribution is -0.142. The number of carbonyl (C=O) groups is 3. The van der Waals surface area contributed by atoms with Crippen LogP contribution in [0.3, 0.4) is 0 Å². The van der Waals surface area contributed by atoms with Crippen molar-refractivity contribution < 1.29 is 32.6 Å². The van der Waals surface area contributed by atoms with Crippen molar-refractivity contribution in [3.8, 4) is 0 Å². The third-order valence-corrected chi connectivity index (χ3v) is 4.63. The van der Waals surface area contributed by atoms with Crippen molar-refractivity contribution in [2.45, 2.75) is 38.8 Å². The molecule has 9 nitrogen and oxygen atoms in total. The Morgan fingerprint density at radius 3 is 2.17 bits per heavy atom. The minimum absolute atomic E-state index is 0.0206. The first-order valence-corrected chi connectivity index (χ1v) is 8.92. The molecule has 1 unspecified atom stereocenters. The second kappa shape index (κ2) is 7.16. The fourth-order valence-corrected chi connectivity index (χ4v) is 3.18. The Kier molecular flexibility index (Phi) is 5.98. The van der Waals surface area contributed by atoms with Gasteiger partial charge in [-0.25, -0.2) is 13.2 Å². The molecule has 2 amide bonds. The van der Waals surface area contributed by atoms with Crippen LogP contribution >= 0.6 is 0 Å². The van der Waals surface area contributed by atoms with Crippen LogP contribution in [0.2, 0.25) is 0 Å². The molecule has 1 heterocycles. The van der Waals surface area contributed by atoms with E-state index in [-0.39, 0.29) is 24.6 Å². The Morgan fingerprint density at radius 1 is 1.22 bits per heavy atom. The summed E-state index contributed by atoms with van der Waals surface area (Å²) in [6, 6.07) is -1.30. The summed E-state index contributed by atoms with van der Waals surface area (Å²) in [6.07, 6.45) is -1.51. The van der Waals surface area contributed by atoms with Gasteiger partial charge in [-0.15, -0.1) is 0 Å². The molecule has 0 saturated carbocycles. The van der Waals surface area contributed by atoms with Crippen LogP contribution in [0, 0.1) is 0 Å². The van der Waals surface area contributed by atoms with Crippen LogP contribution in [-0.4, -0.2) is 72.6 Å². The number of amides is 2. The standard InChI is InChI=1S/C13H22N2O7S/c1-13(2,3)22-12(19)14-9(8-10(16)17)11(18)15-4-6-23(20,21)7-5-15/h9H,4-8H2,1-3H3,(H,14,19)(H,16,17). The van der Waals surface area contributed by atoms with Gasteiger partial charge in [0, 0.05) is 13.1 Å². The lowest BCUT2D eigenvalue weighted by Gasteiger charge is -2.30. The summed E-state index contributed by atoms with van der Waals surface area (Å²) in [5, 5.41) is 11.1. The third-order valence-electron chi connectivity index (χ3n) is 3.02. The number of aliphatic carboxylic acids is 1. The molecule has 1 aliphatic heterocycles. The Labute approximate surface area is 134 Å². The molecule has 0 aromatic heterocycles. The summed E-state index contributed by atoms with van der Waals surface area (Å²) in [5.41, 5.74) is -0.792. The predicted octanol–water partition coefficient (Wildman–Crippen LogP) is -0.389. The van der Waals surface area contributed by atoms with E-state index in [2.05, 4.69) is 5.32 Å². The van der Waals surface area contributed by atoms with Crippen molar-refractivity contribution in [1.29, 1.82) is 0 Å². The average Bonchev–Trinajstić information content (AvgIpc) is 2.34. The summed E-state index contributed by atoms with van der Waals surface area (Å²) in [5.74, 6) is -2.24. The monoisotopic (exact) mass is 350 g/mol. The molecule has 132 valence electrons. The van der Waals surface area contributed by atoms with Gasteiger partial charge in [0.25, 0.3) is 0 Å². The summed E-state index contributed by atoms with van der Waals surface area (Å²) in [7, 11) is -3.17. The molecule has 2 N–H and O–H groups in total. The molecule has 1 saturated heterocycles. The van der Waals surface area contributed by atoms with Gasteiger partial charge < -0.3 is 20.1 Å². The fraction of sp³-hybridized carbons (Fsp3) is 0.769. The molecule has 0 spiro atoms. The quantitative estimate of drug-likeness (QED) is 0.706. The second-order valence-corrected chi connectivity index (χ2v) is 8.58. The number of hydrogen-bond acceptors (Lipinski definition) is 6. The van der Waals surface area contributed by atoms with Gasteiger partial charge in [0.05, 0.1) is 17.9 Å². The molecule has 0 radical (unpaired) electrons. The van der Waals surface area contributed by atoms with Gasteiger partial charge in [0.2, 0.25) is 5.91 Å². The lowest BCUT2D eigenvalue weighted by Crippen LogP contribution is -2.54. The van der Waals surface area contributed by atoms with Gasteiger partial charge in [-0.05, 0) is 20.8 Å². The van der Waals surface area contributed by atoms with Crippen LogP contribution in [0.1, 0.15) is 27.2 Å². The second-order valence-electron chi connectivity index (χ2n) is 6.27. The maximum atomic E-state index is 12.3. The molecule has 1 atom stereocenters. The van der Waals surface area contributed by atoms with Gasteiger partial charge >= 0.3 is 12.1 Å². The third kappa shape index (κ3) is 6.85. The zero-order chi connectivity index (χ0) is 17.8. The average molecular weight is 350 g/mol. The Hall–Kier alpha value is -1.84. The largest absolute Gasteiger partial charge is 0.481 e. The van der Waals surface area contributed by atoms with Crippen molar-refractivity contribution in [3.63, 3.8) is 0 Å². The van der Waals surface area contributed by atoms with E-state index in [0.717, 1.165) is 0 Å². The highest BCUT2D eigenvalue weighted by Gasteiger charge is 2.33. The lowest BCUT2D eigenvalue weighted by atomic mass is 10.1. The minimum Gasteiger partial charge on any atom is -0.481 e. The molecular formula is C13H22N2O7S. The summed E-state index contributed by atoms with van der Waals surface area (Å²) in [6.45, 7) is 4.86.